The van der Waals surface area contributed by atoms with E-state index in [1.807, 2.05) is 25.7 Å². The van der Waals surface area contributed by atoms with Crippen molar-refractivity contribution in [1.82, 2.24) is 9.88 Å². The van der Waals surface area contributed by atoms with Crippen molar-refractivity contribution in [2.24, 2.45) is 5.41 Å². The van der Waals surface area contributed by atoms with Gasteiger partial charge in [0.25, 0.3) is 0 Å². The van der Waals surface area contributed by atoms with Crippen LogP contribution in [0.3, 0.4) is 0 Å². The third kappa shape index (κ3) is 3.63. The molecule has 0 bridgehead atoms. The minimum Gasteiger partial charge on any atom is -0.490 e. The topological polar surface area (TPSA) is 42.4 Å². The Hall–Kier alpha value is -1.29. The summed E-state index contributed by atoms with van der Waals surface area (Å²) in [5, 5.41) is 0.552. The maximum absolute atomic E-state index is 12.4. The molecule has 0 aliphatic carbocycles. The number of likely N-dealkylation sites (tertiary alicyclic amines) is 1. The molecular weight excluding hydrogens is 276 g/mol. The van der Waals surface area contributed by atoms with E-state index in [1.165, 1.54) is 0 Å². The molecule has 0 N–H and O–H groups in total. The van der Waals surface area contributed by atoms with Crippen molar-refractivity contribution in [3.63, 3.8) is 0 Å². The molecule has 110 valence electrons. The van der Waals surface area contributed by atoms with Gasteiger partial charge in [-0.15, -0.1) is 0 Å². The summed E-state index contributed by atoms with van der Waals surface area (Å²) in [4.78, 5) is 18.3. The fourth-order valence-electron chi connectivity index (χ4n) is 2.37. The van der Waals surface area contributed by atoms with Crippen molar-refractivity contribution in [1.29, 1.82) is 0 Å². The minimum atomic E-state index is -0.347. The van der Waals surface area contributed by atoms with Crippen LogP contribution in [0.4, 0.5) is 0 Å². The average Bonchev–Trinajstić information content (AvgIpc) is 2.82. The number of pyridine rings is 1. The highest BCUT2D eigenvalue weighted by Gasteiger charge is 2.35. The van der Waals surface area contributed by atoms with Crippen molar-refractivity contribution in [2.75, 3.05) is 13.2 Å². The molecule has 1 aliphatic rings. The Labute approximate surface area is 125 Å². The lowest BCUT2D eigenvalue weighted by molar-refractivity contribution is -0.140. The smallest absolute Gasteiger partial charge is 0.228 e. The SMILES string of the molecule is CC(C)(C)C(=O)N1CCC[C@H]1COc1cncc(Cl)c1. The third-order valence-electron chi connectivity index (χ3n) is 3.40. The van der Waals surface area contributed by atoms with Gasteiger partial charge in [0, 0.05) is 24.2 Å². The quantitative estimate of drug-likeness (QED) is 0.860. The summed E-state index contributed by atoms with van der Waals surface area (Å²) in [6, 6.07) is 1.88. The minimum absolute atomic E-state index is 0.140. The first kappa shape index (κ1) is 15.1. The number of carbonyl (C=O) groups is 1. The Morgan fingerprint density at radius 1 is 1.50 bits per heavy atom. The van der Waals surface area contributed by atoms with Crippen LogP contribution in [0.2, 0.25) is 5.02 Å². The molecule has 20 heavy (non-hydrogen) atoms. The molecule has 0 unspecified atom stereocenters. The Bertz CT molecular complexity index is 485. The number of nitrogens with zero attached hydrogens (tertiary/aromatic N) is 2. The highest BCUT2D eigenvalue weighted by molar-refractivity contribution is 6.30. The van der Waals surface area contributed by atoms with Gasteiger partial charge in [-0.3, -0.25) is 9.78 Å². The van der Waals surface area contributed by atoms with Gasteiger partial charge in [0.15, 0.2) is 0 Å². The molecule has 1 amide bonds. The summed E-state index contributed by atoms with van der Waals surface area (Å²) in [6.45, 7) is 7.16. The summed E-state index contributed by atoms with van der Waals surface area (Å²) in [6.07, 6.45) is 5.22. The molecule has 4 nitrogen and oxygen atoms in total. The molecule has 0 radical (unpaired) electrons. The summed E-state index contributed by atoms with van der Waals surface area (Å²) in [5.41, 5.74) is -0.347. The molecule has 1 aromatic rings. The Balaban J connectivity index is 1.97. The first-order valence-electron chi connectivity index (χ1n) is 6.92. The van der Waals surface area contributed by atoms with Gasteiger partial charge in [0.1, 0.15) is 12.4 Å². The predicted octanol–water partition coefficient (Wildman–Crippen LogP) is 3.15. The van der Waals surface area contributed by atoms with E-state index in [-0.39, 0.29) is 17.4 Å². The maximum Gasteiger partial charge on any atom is 0.228 e. The molecule has 1 aliphatic heterocycles. The van der Waals surface area contributed by atoms with Crippen LogP contribution in [0, 0.1) is 5.41 Å². The van der Waals surface area contributed by atoms with Crippen molar-refractivity contribution in [3.05, 3.63) is 23.5 Å². The number of hydrogen-bond donors (Lipinski definition) is 0. The molecule has 0 aromatic carbocycles. The summed E-state index contributed by atoms with van der Waals surface area (Å²) in [7, 11) is 0. The monoisotopic (exact) mass is 296 g/mol. The van der Waals surface area contributed by atoms with Crippen molar-refractivity contribution in [3.8, 4) is 5.75 Å². The average molecular weight is 297 g/mol. The van der Waals surface area contributed by atoms with Gasteiger partial charge in [-0.05, 0) is 12.8 Å². The highest BCUT2D eigenvalue weighted by atomic mass is 35.5. The van der Waals surface area contributed by atoms with E-state index >= 15 is 0 Å². The van der Waals surface area contributed by atoms with Crippen LogP contribution >= 0.6 is 11.6 Å². The van der Waals surface area contributed by atoms with Crippen molar-refractivity contribution in [2.45, 2.75) is 39.7 Å². The number of rotatable bonds is 3. The van der Waals surface area contributed by atoms with Gasteiger partial charge in [0.05, 0.1) is 17.3 Å². The molecule has 1 fully saturated rings. The number of hydrogen-bond acceptors (Lipinski definition) is 3. The number of amides is 1. The summed E-state index contributed by atoms with van der Waals surface area (Å²) >= 11 is 5.87. The fourth-order valence-corrected chi connectivity index (χ4v) is 2.53. The van der Waals surface area contributed by atoms with Crippen LogP contribution in [0.15, 0.2) is 18.5 Å². The van der Waals surface area contributed by atoms with Gasteiger partial charge in [-0.25, -0.2) is 0 Å². The van der Waals surface area contributed by atoms with Crippen LogP contribution in [0.25, 0.3) is 0 Å². The fraction of sp³-hybridized carbons (Fsp3) is 0.600. The second kappa shape index (κ2) is 6.00. The Morgan fingerprint density at radius 2 is 2.25 bits per heavy atom. The van der Waals surface area contributed by atoms with Gasteiger partial charge >= 0.3 is 0 Å². The van der Waals surface area contributed by atoms with E-state index in [2.05, 4.69) is 4.98 Å². The standard InChI is InChI=1S/C15H21ClN2O2/c1-15(2,3)14(19)18-6-4-5-12(18)10-20-13-7-11(16)8-17-9-13/h7-9,12H,4-6,10H2,1-3H3/t12-/m0/s1. The van der Waals surface area contributed by atoms with Gasteiger partial charge in [-0.1, -0.05) is 32.4 Å². The Kier molecular flexibility index (Phi) is 4.53. The number of aromatic nitrogens is 1. The second-order valence-corrected chi connectivity index (χ2v) is 6.63. The molecule has 2 rings (SSSR count). The normalized spacial score (nSPS) is 19.2. The molecule has 1 saturated heterocycles. The zero-order chi connectivity index (χ0) is 14.8. The Morgan fingerprint density at radius 3 is 2.90 bits per heavy atom. The van der Waals surface area contributed by atoms with E-state index in [0.29, 0.717) is 17.4 Å². The zero-order valence-electron chi connectivity index (χ0n) is 12.2. The highest BCUT2D eigenvalue weighted by Crippen LogP contribution is 2.26. The molecule has 5 heteroatoms. The summed E-state index contributed by atoms with van der Waals surface area (Å²) in [5.74, 6) is 0.834. The predicted molar refractivity (Wildman–Crippen MR) is 78.9 cm³/mol. The van der Waals surface area contributed by atoms with Crippen LogP contribution in [0.5, 0.6) is 5.75 Å². The zero-order valence-corrected chi connectivity index (χ0v) is 13.0. The second-order valence-electron chi connectivity index (χ2n) is 6.19. The third-order valence-corrected chi connectivity index (χ3v) is 3.61. The first-order valence-corrected chi connectivity index (χ1v) is 7.30. The largest absolute Gasteiger partial charge is 0.490 e. The lowest BCUT2D eigenvalue weighted by atomic mass is 9.94. The molecule has 1 atom stereocenters. The van der Waals surface area contributed by atoms with Crippen LogP contribution < -0.4 is 4.74 Å². The lowest BCUT2D eigenvalue weighted by Gasteiger charge is -2.30. The van der Waals surface area contributed by atoms with E-state index in [9.17, 15) is 4.79 Å². The molecular formula is C15H21ClN2O2. The van der Waals surface area contributed by atoms with Crippen molar-refractivity contribution >= 4 is 17.5 Å². The number of carbonyl (C=O) groups excluding carboxylic acids is 1. The van der Waals surface area contributed by atoms with Gasteiger partial charge in [0.2, 0.25) is 5.91 Å². The first-order chi connectivity index (χ1) is 9.38. The van der Waals surface area contributed by atoms with Crippen LogP contribution in [0.1, 0.15) is 33.6 Å². The number of ether oxygens (including phenoxy) is 1. The van der Waals surface area contributed by atoms with E-state index in [1.54, 1.807) is 18.5 Å². The maximum atomic E-state index is 12.4. The van der Waals surface area contributed by atoms with E-state index < -0.39 is 0 Å². The molecule has 0 saturated carbocycles. The molecule has 2 heterocycles. The number of halogens is 1. The van der Waals surface area contributed by atoms with E-state index in [0.717, 1.165) is 19.4 Å². The summed E-state index contributed by atoms with van der Waals surface area (Å²) < 4.78 is 5.72. The molecule has 0 spiro atoms. The van der Waals surface area contributed by atoms with Gasteiger partial charge in [-0.2, -0.15) is 0 Å². The van der Waals surface area contributed by atoms with Gasteiger partial charge < -0.3 is 9.64 Å². The van der Waals surface area contributed by atoms with Crippen LogP contribution in [-0.4, -0.2) is 35.0 Å². The lowest BCUT2D eigenvalue weighted by Crippen LogP contribution is -2.44. The molecule has 1 aromatic heterocycles. The van der Waals surface area contributed by atoms with Crippen LogP contribution in [-0.2, 0) is 4.79 Å². The van der Waals surface area contributed by atoms with E-state index in [4.69, 9.17) is 16.3 Å². The van der Waals surface area contributed by atoms with Crippen molar-refractivity contribution < 1.29 is 9.53 Å².